The molecule has 0 heterocycles. The minimum absolute atomic E-state index is 0.105. The number of carbonyl (C=O) groups excluding carboxylic acids is 1. The molecule has 21 heavy (non-hydrogen) atoms. The molecule has 2 aromatic rings. The Bertz CT molecular complexity index is 675. The van der Waals surface area contributed by atoms with Gasteiger partial charge in [-0.2, -0.15) is 0 Å². The topological polar surface area (TPSA) is 55.1 Å². The van der Waals surface area contributed by atoms with E-state index in [9.17, 15) is 4.79 Å². The number of nitrogens with two attached hydrogens (primary N) is 1. The molecule has 0 spiro atoms. The first-order valence-electron chi connectivity index (χ1n) is 7.05. The number of anilines is 1. The van der Waals surface area contributed by atoms with E-state index in [1.807, 2.05) is 52.0 Å². The number of nitrogen functional groups attached to an aromatic ring is 1. The molecule has 0 fully saturated rings. The molecule has 0 aliphatic rings. The van der Waals surface area contributed by atoms with Gasteiger partial charge >= 0.3 is 0 Å². The first-order valence-corrected chi connectivity index (χ1v) is 7.05. The van der Waals surface area contributed by atoms with Crippen LogP contribution in [0.5, 0.6) is 0 Å². The molecule has 0 atom stereocenters. The number of aryl methyl sites for hydroxylation is 2. The molecule has 0 unspecified atom stereocenters. The van der Waals surface area contributed by atoms with Crippen LogP contribution in [-0.4, -0.2) is 5.91 Å². The molecule has 0 saturated carbocycles. The molecule has 3 N–H and O–H groups in total. The molecule has 0 bridgehead atoms. The van der Waals surface area contributed by atoms with Gasteiger partial charge in [0.05, 0.1) is 5.54 Å². The summed E-state index contributed by atoms with van der Waals surface area (Å²) in [6, 6.07) is 13.6. The third-order valence-electron chi connectivity index (χ3n) is 3.67. The van der Waals surface area contributed by atoms with E-state index in [4.69, 9.17) is 5.73 Å². The number of amides is 1. The molecular formula is C18H22N2O. The molecule has 0 aromatic heterocycles. The molecule has 110 valence electrons. The molecule has 0 aliphatic heterocycles. The van der Waals surface area contributed by atoms with Crippen LogP contribution in [0.1, 0.15) is 40.9 Å². The van der Waals surface area contributed by atoms with E-state index in [0.29, 0.717) is 11.3 Å². The van der Waals surface area contributed by atoms with Gasteiger partial charge in [-0.1, -0.05) is 35.9 Å². The highest BCUT2D eigenvalue weighted by Gasteiger charge is 2.24. The Hall–Kier alpha value is -2.29. The smallest absolute Gasteiger partial charge is 0.252 e. The quantitative estimate of drug-likeness (QED) is 0.846. The van der Waals surface area contributed by atoms with Crippen molar-refractivity contribution in [1.29, 1.82) is 0 Å². The van der Waals surface area contributed by atoms with Crippen molar-refractivity contribution in [2.24, 2.45) is 0 Å². The summed E-state index contributed by atoms with van der Waals surface area (Å²) in [6.07, 6.45) is 0. The largest absolute Gasteiger partial charge is 0.399 e. The number of carbonyl (C=O) groups is 1. The van der Waals surface area contributed by atoms with Crippen LogP contribution < -0.4 is 11.1 Å². The summed E-state index contributed by atoms with van der Waals surface area (Å²) < 4.78 is 0. The lowest BCUT2D eigenvalue weighted by molar-refractivity contribution is 0.0911. The second kappa shape index (κ2) is 5.60. The number of rotatable bonds is 3. The monoisotopic (exact) mass is 282 g/mol. The summed E-state index contributed by atoms with van der Waals surface area (Å²) in [5.74, 6) is -0.105. The lowest BCUT2D eigenvalue weighted by Gasteiger charge is -2.27. The maximum Gasteiger partial charge on any atom is 0.252 e. The highest BCUT2D eigenvalue weighted by atomic mass is 16.1. The molecule has 3 heteroatoms. The van der Waals surface area contributed by atoms with Crippen LogP contribution in [0.25, 0.3) is 0 Å². The Kier molecular flexibility index (Phi) is 4.03. The molecule has 1 amide bonds. The molecule has 2 rings (SSSR count). The van der Waals surface area contributed by atoms with Crippen molar-refractivity contribution in [2.45, 2.75) is 33.2 Å². The Morgan fingerprint density at radius 3 is 2.48 bits per heavy atom. The standard InChI is InChI=1S/C18H22N2O/c1-12-6-5-7-14(10-12)18(3,4)20-17(21)16-11-15(19)9-8-13(16)2/h5-11H,19H2,1-4H3,(H,20,21). The fourth-order valence-electron chi connectivity index (χ4n) is 2.34. The van der Waals surface area contributed by atoms with E-state index in [0.717, 1.165) is 11.1 Å². The van der Waals surface area contributed by atoms with Gasteiger partial charge in [0, 0.05) is 11.3 Å². The van der Waals surface area contributed by atoms with Crippen molar-refractivity contribution in [3.63, 3.8) is 0 Å². The summed E-state index contributed by atoms with van der Waals surface area (Å²) in [6.45, 7) is 7.96. The first-order chi connectivity index (χ1) is 9.79. The average molecular weight is 282 g/mol. The number of benzene rings is 2. The van der Waals surface area contributed by atoms with Crippen molar-refractivity contribution >= 4 is 11.6 Å². The summed E-state index contributed by atoms with van der Waals surface area (Å²) in [5, 5.41) is 3.09. The Balaban J connectivity index is 2.27. The number of hydrogen-bond donors (Lipinski definition) is 2. The molecular weight excluding hydrogens is 260 g/mol. The van der Waals surface area contributed by atoms with Crippen LogP contribution in [0.2, 0.25) is 0 Å². The lowest BCUT2D eigenvalue weighted by Crippen LogP contribution is -2.41. The summed E-state index contributed by atoms with van der Waals surface area (Å²) in [4.78, 5) is 12.5. The van der Waals surface area contributed by atoms with Gasteiger partial charge in [0.25, 0.3) is 5.91 Å². The summed E-state index contributed by atoms with van der Waals surface area (Å²) in [7, 11) is 0. The minimum atomic E-state index is -0.444. The number of nitrogens with one attached hydrogen (secondary N) is 1. The van der Waals surface area contributed by atoms with Crippen molar-refractivity contribution in [2.75, 3.05) is 5.73 Å². The normalized spacial score (nSPS) is 11.2. The highest BCUT2D eigenvalue weighted by Crippen LogP contribution is 2.22. The predicted molar refractivity (Wildman–Crippen MR) is 87.3 cm³/mol. The van der Waals surface area contributed by atoms with Crippen LogP contribution in [-0.2, 0) is 5.54 Å². The van der Waals surface area contributed by atoms with E-state index in [1.54, 1.807) is 12.1 Å². The van der Waals surface area contributed by atoms with E-state index in [-0.39, 0.29) is 5.91 Å². The second-order valence-electron chi connectivity index (χ2n) is 6.02. The van der Waals surface area contributed by atoms with Crippen molar-refractivity contribution in [1.82, 2.24) is 5.32 Å². The summed E-state index contributed by atoms with van der Waals surface area (Å²) in [5.41, 5.74) is 9.73. The molecule has 0 saturated heterocycles. The van der Waals surface area contributed by atoms with Gasteiger partial charge < -0.3 is 11.1 Å². The predicted octanol–water partition coefficient (Wildman–Crippen LogP) is 3.55. The fourth-order valence-corrected chi connectivity index (χ4v) is 2.34. The Labute approximate surface area is 126 Å². The lowest BCUT2D eigenvalue weighted by atomic mass is 9.92. The van der Waals surface area contributed by atoms with E-state index in [2.05, 4.69) is 11.4 Å². The van der Waals surface area contributed by atoms with Crippen LogP contribution in [0.15, 0.2) is 42.5 Å². The van der Waals surface area contributed by atoms with Gasteiger partial charge in [-0.3, -0.25) is 4.79 Å². The fraction of sp³-hybridized carbons (Fsp3) is 0.278. The van der Waals surface area contributed by atoms with Gasteiger partial charge in [0.15, 0.2) is 0 Å². The number of hydrogen-bond acceptors (Lipinski definition) is 2. The van der Waals surface area contributed by atoms with E-state index < -0.39 is 5.54 Å². The maximum absolute atomic E-state index is 12.5. The minimum Gasteiger partial charge on any atom is -0.399 e. The van der Waals surface area contributed by atoms with Crippen LogP contribution in [0.3, 0.4) is 0 Å². The van der Waals surface area contributed by atoms with Crippen LogP contribution in [0.4, 0.5) is 5.69 Å². The Morgan fingerprint density at radius 2 is 1.81 bits per heavy atom. The van der Waals surface area contributed by atoms with Gasteiger partial charge in [-0.15, -0.1) is 0 Å². The van der Waals surface area contributed by atoms with Crippen LogP contribution >= 0.6 is 0 Å². The van der Waals surface area contributed by atoms with Crippen LogP contribution in [0, 0.1) is 13.8 Å². The van der Waals surface area contributed by atoms with Crippen molar-refractivity contribution < 1.29 is 4.79 Å². The van der Waals surface area contributed by atoms with Crippen molar-refractivity contribution in [3.8, 4) is 0 Å². The highest BCUT2D eigenvalue weighted by molar-refractivity contribution is 5.97. The van der Waals surface area contributed by atoms with Gasteiger partial charge in [0.2, 0.25) is 0 Å². The first kappa shape index (κ1) is 15.1. The second-order valence-corrected chi connectivity index (χ2v) is 6.02. The molecule has 3 nitrogen and oxygen atoms in total. The van der Waals surface area contributed by atoms with Crippen molar-refractivity contribution in [3.05, 3.63) is 64.7 Å². The van der Waals surface area contributed by atoms with Gasteiger partial charge in [-0.05, 0) is 51.0 Å². The van der Waals surface area contributed by atoms with E-state index in [1.165, 1.54) is 5.56 Å². The van der Waals surface area contributed by atoms with Gasteiger partial charge in [0.1, 0.15) is 0 Å². The molecule has 2 aromatic carbocycles. The zero-order valence-corrected chi connectivity index (χ0v) is 13.0. The molecule has 0 aliphatic carbocycles. The SMILES string of the molecule is Cc1cccc(C(C)(C)NC(=O)c2cc(N)ccc2C)c1. The van der Waals surface area contributed by atoms with E-state index >= 15 is 0 Å². The Morgan fingerprint density at radius 1 is 1.10 bits per heavy atom. The average Bonchev–Trinajstić information content (AvgIpc) is 2.41. The zero-order valence-electron chi connectivity index (χ0n) is 13.0. The summed E-state index contributed by atoms with van der Waals surface area (Å²) >= 11 is 0. The molecule has 0 radical (unpaired) electrons. The third kappa shape index (κ3) is 3.43. The van der Waals surface area contributed by atoms with Gasteiger partial charge in [-0.25, -0.2) is 0 Å². The maximum atomic E-state index is 12.5. The third-order valence-corrected chi connectivity index (χ3v) is 3.67. The zero-order chi connectivity index (χ0) is 15.6.